The summed E-state index contributed by atoms with van der Waals surface area (Å²) in [5.41, 5.74) is 2.46. The Bertz CT molecular complexity index is 373. The normalized spacial score (nSPS) is 15.9. The zero-order chi connectivity index (χ0) is 12.3. The van der Waals surface area contributed by atoms with Gasteiger partial charge in [0.05, 0.1) is 0 Å². The van der Waals surface area contributed by atoms with Crippen LogP contribution >= 0.6 is 0 Å². The highest BCUT2D eigenvalue weighted by Crippen LogP contribution is 2.21. The number of aromatic nitrogens is 3. The molecule has 1 saturated carbocycles. The largest absolute Gasteiger partial charge is 0.351 e. The maximum absolute atomic E-state index is 5.35. The maximum atomic E-state index is 5.35. The molecule has 0 atom stereocenters. The zero-order valence-electron chi connectivity index (χ0n) is 10.3. The van der Waals surface area contributed by atoms with Crippen LogP contribution < -0.4 is 21.5 Å². The van der Waals surface area contributed by atoms with Crippen LogP contribution in [0.4, 0.5) is 17.8 Å². The summed E-state index contributed by atoms with van der Waals surface area (Å²) in [4.78, 5) is 14.5. The van der Waals surface area contributed by atoms with Crippen molar-refractivity contribution in [1.29, 1.82) is 0 Å². The average Bonchev–Trinajstić information content (AvgIpc) is 2.81. The molecule has 1 fully saturated rings. The number of rotatable bonds is 4. The summed E-state index contributed by atoms with van der Waals surface area (Å²) in [7, 11) is 3.77. The van der Waals surface area contributed by atoms with Crippen molar-refractivity contribution in [2.45, 2.75) is 31.7 Å². The van der Waals surface area contributed by atoms with Crippen molar-refractivity contribution in [1.82, 2.24) is 15.0 Å². The molecule has 0 spiro atoms. The fourth-order valence-electron chi connectivity index (χ4n) is 1.95. The molecular formula is C10H19N7. The van der Waals surface area contributed by atoms with E-state index in [1.54, 1.807) is 0 Å². The first kappa shape index (κ1) is 11.8. The molecule has 7 nitrogen and oxygen atoms in total. The number of hydrogen-bond donors (Lipinski definition) is 3. The highest BCUT2D eigenvalue weighted by Gasteiger charge is 2.16. The third kappa shape index (κ3) is 2.94. The van der Waals surface area contributed by atoms with E-state index in [9.17, 15) is 0 Å². The molecule has 0 aliphatic heterocycles. The molecule has 1 aliphatic rings. The summed E-state index contributed by atoms with van der Waals surface area (Å²) < 4.78 is 0. The molecule has 1 aromatic rings. The lowest BCUT2D eigenvalue weighted by Gasteiger charge is -2.15. The fraction of sp³-hybridized carbons (Fsp3) is 0.700. The lowest BCUT2D eigenvalue weighted by Crippen LogP contribution is -2.22. The second-order valence-corrected chi connectivity index (χ2v) is 4.45. The van der Waals surface area contributed by atoms with Gasteiger partial charge in [0.15, 0.2) is 0 Å². The van der Waals surface area contributed by atoms with Gasteiger partial charge in [-0.1, -0.05) is 12.8 Å². The van der Waals surface area contributed by atoms with E-state index in [0.29, 0.717) is 23.9 Å². The number of nitrogens with one attached hydrogen (secondary N) is 2. The van der Waals surface area contributed by atoms with E-state index in [0.717, 1.165) is 0 Å². The predicted molar refractivity (Wildman–Crippen MR) is 67.8 cm³/mol. The van der Waals surface area contributed by atoms with E-state index in [-0.39, 0.29) is 0 Å². The Morgan fingerprint density at radius 3 is 2.35 bits per heavy atom. The highest BCUT2D eigenvalue weighted by atomic mass is 15.4. The minimum atomic E-state index is 0.379. The van der Waals surface area contributed by atoms with Crippen molar-refractivity contribution < 1.29 is 0 Å². The van der Waals surface area contributed by atoms with Crippen molar-refractivity contribution in [3.63, 3.8) is 0 Å². The molecule has 17 heavy (non-hydrogen) atoms. The lowest BCUT2D eigenvalue weighted by atomic mass is 10.3. The van der Waals surface area contributed by atoms with Gasteiger partial charge in [0.1, 0.15) is 0 Å². The Hall–Kier alpha value is -1.63. The molecule has 0 amide bonds. The van der Waals surface area contributed by atoms with E-state index in [1.165, 1.54) is 25.7 Å². The van der Waals surface area contributed by atoms with Gasteiger partial charge in [-0.3, -0.25) is 5.43 Å². The van der Waals surface area contributed by atoms with Gasteiger partial charge in [-0.05, 0) is 12.8 Å². The van der Waals surface area contributed by atoms with Crippen LogP contribution in [0.25, 0.3) is 0 Å². The lowest BCUT2D eigenvalue weighted by molar-refractivity contribution is 0.741. The second-order valence-electron chi connectivity index (χ2n) is 4.45. The molecule has 1 aliphatic carbocycles. The number of hydrazine groups is 1. The van der Waals surface area contributed by atoms with Crippen LogP contribution in [0.5, 0.6) is 0 Å². The summed E-state index contributed by atoms with van der Waals surface area (Å²) in [6, 6.07) is 0.470. The number of anilines is 3. The van der Waals surface area contributed by atoms with Crippen molar-refractivity contribution in [2.75, 3.05) is 29.7 Å². The van der Waals surface area contributed by atoms with E-state index in [1.807, 2.05) is 19.0 Å². The SMILES string of the molecule is CN(C)c1nc(NN)nc(NC2CCCC2)n1. The summed E-state index contributed by atoms with van der Waals surface area (Å²) >= 11 is 0. The smallest absolute Gasteiger partial charge is 0.243 e. The van der Waals surface area contributed by atoms with Crippen LogP contribution in [0.1, 0.15) is 25.7 Å². The molecule has 4 N–H and O–H groups in total. The summed E-state index contributed by atoms with van der Waals surface area (Å²) in [6.45, 7) is 0. The number of hydrogen-bond acceptors (Lipinski definition) is 7. The van der Waals surface area contributed by atoms with Crippen LogP contribution in [-0.4, -0.2) is 35.1 Å². The first-order valence-corrected chi connectivity index (χ1v) is 5.85. The van der Waals surface area contributed by atoms with Crippen LogP contribution in [0.2, 0.25) is 0 Å². The molecule has 0 aromatic carbocycles. The second kappa shape index (κ2) is 5.13. The molecule has 0 bridgehead atoms. The van der Waals surface area contributed by atoms with E-state index in [2.05, 4.69) is 25.7 Å². The number of nitrogens with zero attached hydrogens (tertiary/aromatic N) is 4. The standard InChI is InChI=1S/C10H19N7/c1-17(2)10-14-8(13-9(15-10)16-11)12-7-5-3-4-6-7/h7H,3-6,11H2,1-2H3,(H2,12,13,14,15,16). The Morgan fingerprint density at radius 2 is 1.76 bits per heavy atom. The van der Waals surface area contributed by atoms with Crippen molar-refractivity contribution in [3.8, 4) is 0 Å². The molecule has 1 heterocycles. The Balaban J connectivity index is 2.16. The van der Waals surface area contributed by atoms with Gasteiger partial charge in [0.25, 0.3) is 0 Å². The van der Waals surface area contributed by atoms with Crippen molar-refractivity contribution >= 4 is 17.8 Å². The topological polar surface area (TPSA) is 92.0 Å². The van der Waals surface area contributed by atoms with Crippen molar-refractivity contribution in [2.24, 2.45) is 5.84 Å². The van der Waals surface area contributed by atoms with Gasteiger partial charge in [-0.25, -0.2) is 5.84 Å². The third-order valence-corrected chi connectivity index (χ3v) is 2.84. The van der Waals surface area contributed by atoms with E-state index in [4.69, 9.17) is 5.84 Å². The first-order valence-electron chi connectivity index (χ1n) is 5.85. The minimum Gasteiger partial charge on any atom is -0.351 e. The average molecular weight is 237 g/mol. The summed E-state index contributed by atoms with van der Waals surface area (Å²) in [5, 5.41) is 3.33. The van der Waals surface area contributed by atoms with Gasteiger partial charge >= 0.3 is 0 Å². The van der Waals surface area contributed by atoms with Crippen molar-refractivity contribution in [3.05, 3.63) is 0 Å². The third-order valence-electron chi connectivity index (χ3n) is 2.84. The van der Waals surface area contributed by atoms with Gasteiger partial charge in [0, 0.05) is 20.1 Å². The monoisotopic (exact) mass is 237 g/mol. The number of nitrogens with two attached hydrogens (primary N) is 1. The van der Waals surface area contributed by atoms with E-state index >= 15 is 0 Å². The Kier molecular flexibility index (Phi) is 3.58. The van der Waals surface area contributed by atoms with Gasteiger partial charge in [-0.2, -0.15) is 15.0 Å². The van der Waals surface area contributed by atoms with Crippen LogP contribution in [-0.2, 0) is 0 Å². The first-order chi connectivity index (χ1) is 8.19. The summed E-state index contributed by atoms with van der Waals surface area (Å²) in [6.07, 6.45) is 4.89. The van der Waals surface area contributed by atoms with Gasteiger partial charge < -0.3 is 10.2 Å². The Morgan fingerprint density at radius 1 is 1.12 bits per heavy atom. The highest BCUT2D eigenvalue weighted by molar-refractivity contribution is 5.42. The maximum Gasteiger partial charge on any atom is 0.243 e. The van der Waals surface area contributed by atoms with Crippen LogP contribution in [0.3, 0.4) is 0 Å². The van der Waals surface area contributed by atoms with E-state index < -0.39 is 0 Å². The molecule has 0 unspecified atom stereocenters. The van der Waals surface area contributed by atoms with Gasteiger partial charge in [0.2, 0.25) is 17.8 Å². The zero-order valence-corrected chi connectivity index (χ0v) is 10.3. The molecule has 0 saturated heterocycles. The molecule has 0 radical (unpaired) electrons. The molecule has 1 aromatic heterocycles. The number of nitrogen functional groups attached to an aromatic ring is 1. The van der Waals surface area contributed by atoms with Gasteiger partial charge in [-0.15, -0.1) is 0 Å². The minimum absolute atomic E-state index is 0.379. The Labute approximate surface area is 101 Å². The molecule has 94 valence electrons. The molecule has 2 rings (SSSR count). The van der Waals surface area contributed by atoms with Crippen LogP contribution in [0.15, 0.2) is 0 Å². The van der Waals surface area contributed by atoms with Crippen LogP contribution in [0, 0.1) is 0 Å². The molecular weight excluding hydrogens is 218 g/mol. The summed E-state index contributed by atoms with van der Waals surface area (Å²) in [5.74, 6) is 6.90. The fourth-order valence-corrected chi connectivity index (χ4v) is 1.95. The predicted octanol–water partition coefficient (Wildman–Crippen LogP) is 0.578. The molecule has 7 heteroatoms. The quantitative estimate of drug-likeness (QED) is 0.521.